The molecule has 0 atom stereocenters. The lowest BCUT2D eigenvalue weighted by atomic mass is 10.1. The summed E-state index contributed by atoms with van der Waals surface area (Å²) in [6, 6.07) is 18.5. The molecule has 30 heavy (non-hydrogen) atoms. The molecule has 0 unspecified atom stereocenters. The summed E-state index contributed by atoms with van der Waals surface area (Å²) in [5, 5.41) is 9.79. The quantitative estimate of drug-likeness (QED) is 0.426. The number of aromatic nitrogens is 3. The van der Waals surface area contributed by atoms with Gasteiger partial charge in [-0.05, 0) is 25.5 Å². The van der Waals surface area contributed by atoms with Crippen LogP contribution >= 0.6 is 11.8 Å². The zero-order chi connectivity index (χ0) is 20.8. The van der Waals surface area contributed by atoms with Crippen molar-refractivity contribution in [2.45, 2.75) is 24.9 Å². The maximum atomic E-state index is 12.3. The number of aryl methyl sites for hydroxylation is 1. The van der Waals surface area contributed by atoms with Crippen LogP contribution in [0.2, 0.25) is 0 Å². The molecule has 1 fully saturated rings. The Morgan fingerprint density at radius 2 is 1.77 bits per heavy atom. The summed E-state index contributed by atoms with van der Waals surface area (Å²) in [6.45, 7) is 4.76. The van der Waals surface area contributed by atoms with Gasteiger partial charge in [0.1, 0.15) is 0 Å². The molecule has 1 aromatic heterocycles. The van der Waals surface area contributed by atoms with Crippen molar-refractivity contribution in [1.82, 2.24) is 19.7 Å². The second kappa shape index (κ2) is 9.91. The standard InChI is InChI=1S/C23H26N4O2S/c1-18-9-11-19(12-10-18)22-24-25-23(27(22)20-6-3-2-4-7-20)30-17-5-8-21(28)26-13-15-29-16-14-26/h2-4,6-7,9-12H,5,8,13-17H2,1H3. The van der Waals surface area contributed by atoms with Crippen LogP contribution in [0.25, 0.3) is 17.1 Å². The molecule has 1 saturated heterocycles. The third-order valence-electron chi connectivity index (χ3n) is 5.09. The predicted octanol–water partition coefficient (Wildman–Crippen LogP) is 3.97. The number of ether oxygens (including phenoxy) is 1. The number of morpholine rings is 1. The van der Waals surface area contributed by atoms with Crippen molar-refractivity contribution < 1.29 is 9.53 Å². The summed E-state index contributed by atoms with van der Waals surface area (Å²) in [6.07, 6.45) is 1.36. The van der Waals surface area contributed by atoms with Gasteiger partial charge in [-0.25, -0.2) is 0 Å². The van der Waals surface area contributed by atoms with Gasteiger partial charge in [0.2, 0.25) is 5.91 Å². The normalized spacial score (nSPS) is 14.1. The topological polar surface area (TPSA) is 60.3 Å². The van der Waals surface area contributed by atoms with Crippen molar-refractivity contribution in [2.75, 3.05) is 32.1 Å². The molecule has 0 N–H and O–H groups in total. The van der Waals surface area contributed by atoms with Gasteiger partial charge in [-0.2, -0.15) is 0 Å². The van der Waals surface area contributed by atoms with E-state index in [9.17, 15) is 4.79 Å². The number of benzene rings is 2. The van der Waals surface area contributed by atoms with Crippen LogP contribution in [0.5, 0.6) is 0 Å². The summed E-state index contributed by atoms with van der Waals surface area (Å²) in [5.41, 5.74) is 3.28. The second-order valence-corrected chi connectivity index (χ2v) is 8.35. The Kier molecular flexibility index (Phi) is 6.81. The van der Waals surface area contributed by atoms with Crippen LogP contribution in [0.1, 0.15) is 18.4 Å². The average Bonchev–Trinajstić information content (AvgIpc) is 3.22. The molecular formula is C23H26N4O2S. The minimum atomic E-state index is 0.212. The Morgan fingerprint density at radius 3 is 2.50 bits per heavy atom. The summed E-state index contributed by atoms with van der Waals surface area (Å²) in [5.74, 6) is 1.85. The van der Waals surface area contributed by atoms with E-state index in [-0.39, 0.29) is 5.91 Å². The average molecular weight is 423 g/mol. The van der Waals surface area contributed by atoms with Gasteiger partial charge in [0, 0.05) is 36.5 Å². The van der Waals surface area contributed by atoms with Crippen LogP contribution in [0.15, 0.2) is 59.8 Å². The molecule has 156 valence electrons. The van der Waals surface area contributed by atoms with Crippen LogP contribution in [0.4, 0.5) is 0 Å². The fourth-order valence-electron chi connectivity index (χ4n) is 3.42. The number of hydrogen-bond donors (Lipinski definition) is 0. The zero-order valence-electron chi connectivity index (χ0n) is 17.2. The van der Waals surface area contributed by atoms with Crippen molar-refractivity contribution in [3.05, 3.63) is 60.2 Å². The largest absolute Gasteiger partial charge is 0.378 e. The van der Waals surface area contributed by atoms with Crippen LogP contribution in [0.3, 0.4) is 0 Å². The van der Waals surface area contributed by atoms with E-state index in [0.29, 0.717) is 32.7 Å². The Bertz CT molecular complexity index is 967. The number of carbonyl (C=O) groups excluding carboxylic acids is 1. The van der Waals surface area contributed by atoms with Crippen LogP contribution in [-0.2, 0) is 9.53 Å². The molecule has 1 aliphatic rings. The molecule has 6 nitrogen and oxygen atoms in total. The number of para-hydroxylation sites is 1. The van der Waals surface area contributed by atoms with Crippen molar-refractivity contribution in [3.8, 4) is 17.1 Å². The Balaban J connectivity index is 1.46. The number of rotatable bonds is 7. The molecule has 0 saturated carbocycles. The Morgan fingerprint density at radius 1 is 1.03 bits per heavy atom. The molecule has 2 aromatic carbocycles. The predicted molar refractivity (Wildman–Crippen MR) is 119 cm³/mol. The highest BCUT2D eigenvalue weighted by molar-refractivity contribution is 7.99. The van der Waals surface area contributed by atoms with Crippen molar-refractivity contribution >= 4 is 17.7 Å². The number of amides is 1. The smallest absolute Gasteiger partial charge is 0.222 e. The van der Waals surface area contributed by atoms with E-state index in [4.69, 9.17) is 4.74 Å². The fourth-order valence-corrected chi connectivity index (χ4v) is 4.31. The van der Waals surface area contributed by atoms with E-state index in [1.807, 2.05) is 23.1 Å². The molecule has 0 radical (unpaired) electrons. The van der Waals surface area contributed by atoms with E-state index >= 15 is 0 Å². The monoisotopic (exact) mass is 422 g/mol. The minimum Gasteiger partial charge on any atom is -0.378 e. The molecular weight excluding hydrogens is 396 g/mol. The molecule has 2 heterocycles. The lowest BCUT2D eigenvalue weighted by Crippen LogP contribution is -2.40. The molecule has 4 rings (SSSR count). The number of hydrogen-bond acceptors (Lipinski definition) is 5. The van der Waals surface area contributed by atoms with Gasteiger partial charge in [-0.15, -0.1) is 10.2 Å². The van der Waals surface area contributed by atoms with Gasteiger partial charge in [0.05, 0.1) is 13.2 Å². The first-order chi connectivity index (χ1) is 14.7. The zero-order valence-corrected chi connectivity index (χ0v) is 18.0. The maximum absolute atomic E-state index is 12.3. The highest BCUT2D eigenvalue weighted by atomic mass is 32.2. The molecule has 1 aliphatic heterocycles. The molecule has 3 aromatic rings. The third-order valence-corrected chi connectivity index (χ3v) is 6.10. The van der Waals surface area contributed by atoms with Gasteiger partial charge >= 0.3 is 0 Å². The van der Waals surface area contributed by atoms with Crippen molar-refractivity contribution in [1.29, 1.82) is 0 Å². The summed E-state index contributed by atoms with van der Waals surface area (Å²) >= 11 is 1.64. The van der Waals surface area contributed by atoms with Gasteiger partial charge in [0.15, 0.2) is 11.0 Å². The maximum Gasteiger partial charge on any atom is 0.222 e. The summed E-state index contributed by atoms with van der Waals surface area (Å²) in [7, 11) is 0. The van der Waals surface area contributed by atoms with Crippen molar-refractivity contribution in [2.24, 2.45) is 0 Å². The molecule has 0 bridgehead atoms. The van der Waals surface area contributed by atoms with Gasteiger partial charge in [-0.1, -0.05) is 59.8 Å². The van der Waals surface area contributed by atoms with Gasteiger partial charge < -0.3 is 9.64 Å². The lowest BCUT2D eigenvalue weighted by molar-refractivity contribution is -0.135. The number of nitrogens with zero attached hydrogens (tertiary/aromatic N) is 4. The Labute approximate surface area is 181 Å². The lowest BCUT2D eigenvalue weighted by Gasteiger charge is -2.26. The van der Waals surface area contributed by atoms with E-state index in [1.54, 1.807) is 11.8 Å². The molecule has 7 heteroatoms. The highest BCUT2D eigenvalue weighted by Crippen LogP contribution is 2.28. The Hall–Kier alpha value is -2.64. The van der Waals surface area contributed by atoms with Crippen LogP contribution in [0, 0.1) is 6.92 Å². The first kappa shape index (κ1) is 20.6. The van der Waals surface area contributed by atoms with Gasteiger partial charge in [-0.3, -0.25) is 9.36 Å². The van der Waals surface area contributed by atoms with Crippen molar-refractivity contribution in [3.63, 3.8) is 0 Å². The van der Waals surface area contributed by atoms with E-state index in [2.05, 4.69) is 58.1 Å². The molecule has 0 spiro atoms. The minimum absolute atomic E-state index is 0.212. The van der Waals surface area contributed by atoms with E-state index in [0.717, 1.165) is 34.4 Å². The van der Waals surface area contributed by atoms with Gasteiger partial charge in [0.25, 0.3) is 0 Å². The number of thioether (sulfide) groups is 1. The fraction of sp³-hybridized carbons (Fsp3) is 0.348. The van der Waals surface area contributed by atoms with Crippen LogP contribution < -0.4 is 0 Å². The first-order valence-electron chi connectivity index (χ1n) is 10.3. The number of carbonyl (C=O) groups is 1. The molecule has 0 aliphatic carbocycles. The highest BCUT2D eigenvalue weighted by Gasteiger charge is 2.18. The molecule has 1 amide bonds. The van der Waals surface area contributed by atoms with E-state index < -0.39 is 0 Å². The first-order valence-corrected chi connectivity index (χ1v) is 11.3. The third kappa shape index (κ3) is 4.91. The van der Waals surface area contributed by atoms with Crippen LogP contribution in [-0.4, -0.2) is 57.6 Å². The van der Waals surface area contributed by atoms with E-state index in [1.165, 1.54) is 5.56 Å². The summed E-state index contributed by atoms with van der Waals surface area (Å²) in [4.78, 5) is 14.2. The SMILES string of the molecule is Cc1ccc(-c2nnc(SCCCC(=O)N3CCOCC3)n2-c2ccccc2)cc1. The second-order valence-electron chi connectivity index (χ2n) is 7.29. The summed E-state index contributed by atoms with van der Waals surface area (Å²) < 4.78 is 7.41.